The van der Waals surface area contributed by atoms with E-state index in [9.17, 15) is 4.79 Å². The van der Waals surface area contributed by atoms with Crippen LogP contribution in [0.2, 0.25) is 5.02 Å². The molecule has 1 saturated heterocycles. The number of amides is 1. The van der Waals surface area contributed by atoms with Crippen molar-refractivity contribution in [2.45, 2.75) is 39.2 Å². The summed E-state index contributed by atoms with van der Waals surface area (Å²) >= 11 is 5.88. The molecular formula is C19H29ClN4O2. The number of ether oxygens (including phenoxy) is 1. The highest BCUT2D eigenvalue weighted by Crippen LogP contribution is 2.16. The van der Waals surface area contributed by atoms with Crippen molar-refractivity contribution in [3.05, 3.63) is 29.3 Å². The number of aliphatic imine (C=N–C) groups is 1. The van der Waals surface area contributed by atoms with Crippen LogP contribution in [-0.2, 0) is 4.79 Å². The highest BCUT2D eigenvalue weighted by atomic mass is 35.5. The molecule has 144 valence electrons. The van der Waals surface area contributed by atoms with Crippen LogP contribution in [0.5, 0.6) is 5.75 Å². The van der Waals surface area contributed by atoms with E-state index in [1.54, 1.807) is 0 Å². The zero-order chi connectivity index (χ0) is 18.8. The van der Waals surface area contributed by atoms with Gasteiger partial charge in [-0.25, -0.2) is 4.99 Å². The van der Waals surface area contributed by atoms with Gasteiger partial charge < -0.3 is 20.3 Å². The number of nitrogens with zero attached hydrogens (tertiary/aromatic N) is 2. The predicted molar refractivity (Wildman–Crippen MR) is 106 cm³/mol. The summed E-state index contributed by atoms with van der Waals surface area (Å²) in [5.41, 5.74) is 0. The number of halogens is 1. The Morgan fingerprint density at radius 2 is 2.12 bits per heavy atom. The summed E-state index contributed by atoms with van der Waals surface area (Å²) in [4.78, 5) is 18.1. The number of hydrogen-bond acceptors (Lipinski definition) is 3. The summed E-state index contributed by atoms with van der Waals surface area (Å²) < 4.78 is 5.84. The molecule has 1 heterocycles. The Hall–Kier alpha value is -1.95. The van der Waals surface area contributed by atoms with Gasteiger partial charge in [0.2, 0.25) is 5.91 Å². The van der Waals surface area contributed by atoms with Gasteiger partial charge in [0.05, 0.1) is 6.54 Å². The van der Waals surface area contributed by atoms with Crippen molar-refractivity contribution in [2.75, 3.05) is 32.7 Å². The lowest BCUT2D eigenvalue weighted by Crippen LogP contribution is -2.39. The van der Waals surface area contributed by atoms with E-state index in [4.69, 9.17) is 16.3 Å². The maximum absolute atomic E-state index is 11.6. The summed E-state index contributed by atoms with van der Waals surface area (Å²) in [6, 6.07) is 7.32. The van der Waals surface area contributed by atoms with E-state index < -0.39 is 0 Å². The molecule has 6 nitrogen and oxygen atoms in total. The first-order chi connectivity index (χ1) is 12.6. The fraction of sp³-hybridized carbons (Fsp3) is 0.579. The molecule has 1 fully saturated rings. The van der Waals surface area contributed by atoms with E-state index in [0.29, 0.717) is 18.0 Å². The fourth-order valence-corrected chi connectivity index (χ4v) is 2.89. The summed E-state index contributed by atoms with van der Waals surface area (Å²) in [6.07, 6.45) is 2.55. The van der Waals surface area contributed by atoms with Gasteiger partial charge in [-0.2, -0.15) is 0 Å². The van der Waals surface area contributed by atoms with Crippen LogP contribution in [0.3, 0.4) is 0 Å². The van der Waals surface area contributed by atoms with Gasteiger partial charge in [-0.3, -0.25) is 4.79 Å². The standard InChI is InChI=1S/C19H29ClN4O2/c1-3-21-19(22-11-5-13-24-12-4-6-18(24)25)23-14-15(2)26-17-9-7-16(20)8-10-17/h7-10,15H,3-6,11-14H2,1-2H3,(H2,21,22,23). The number of rotatable bonds is 9. The second kappa shape index (κ2) is 10.9. The Bertz CT molecular complexity index is 592. The van der Waals surface area contributed by atoms with Gasteiger partial charge in [0.15, 0.2) is 5.96 Å². The van der Waals surface area contributed by atoms with Crippen LogP contribution in [0.15, 0.2) is 29.3 Å². The molecule has 0 radical (unpaired) electrons. The molecule has 1 unspecified atom stereocenters. The number of likely N-dealkylation sites (tertiary alicyclic amines) is 1. The molecule has 1 aliphatic rings. The van der Waals surface area contributed by atoms with Crippen molar-refractivity contribution < 1.29 is 9.53 Å². The molecule has 2 N–H and O–H groups in total. The smallest absolute Gasteiger partial charge is 0.222 e. The van der Waals surface area contributed by atoms with Gasteiger partial charge >= 0.3 is 0 Å². The molecule has 26 heavy (non-hydrogen) atoms. The number of guanidine groups is 1. The van der Waals surface area contributed by atoms with Gasteiger partial charge in [-0.1, -0.05) is 11.6 Å². The van der Waals surface area contributed by atoms with Crippen molar-refractivity contribution >= 4 is 23.5 Å². The van der Waals surface area contributed by atoms with Crippen LogP contribution in [0.4, 0.5) is 0 Å². The molecular weight excluding hydrogens is 352 g/mol. The summed E-state index contributed by atoms with van der Waals surface area (Å²) in [6.45, 7) is 7.84. The Balaban J connectivity index is 1.72. The van der Waals surface area contributed by atoms with E-state index in [1.165, 1.54) is 0 Å². The van der Waals surface area contributed by atoms with Crippen LogP contribution in [0.1, 0.15) is 33.1 Å². The third-order valence-electron chi connectivity index (χ3n) is 4.07. The van der Waals surface area contributed by atoms with Gasteiger partial charge in [0.1, 0.15) is 11.9 Å². The van der Waals surface area contributed by atoms with Gasteiger partial charge in [-0.15, -0.1) is 0 Å². The van der Waals surface area contributed by atoms with E-state index in [0.717, 1.165) is 50.7 Å². The number of benzene rings is 1. The van der Waals surface area contributed by atoms with Crippen LogP contribution in [0.25, 0.3) is 0 Å². The third-order valence-corrected chi connectivity index (χ3v) is 4.32. The molecule has 1 atom stereocenters. The molecule has 2 rings (SSSR count). The normalized spacial score (nSPS) is 15.9. The molecule has 1 amide bonds. The van der Waals surface area contributed by atoms with Crippen molar-refractivity contribution in [1.29, 1.82) is 0 Å². The monoisotopic (exact) mass is 380 g/mol. The highest BCUT2D eigenvalue weighted by molar-refractivity contribution is 6.30. The molecule has 0 saturated carbocycles. The molecule has 7 heteroatoms. The van der Waals surface area contributed by atoms with E-state index in [1.807, 2.05) is 43.0 Å². The van der Waals surface area contributed by atoms with Gasteiger partial charge in [0.25, 0.3) is 0 Å². The molecule has 0 aliphatic carbocycles. The topological polar surface area (TPSA) is 66.0 Å². The molecule has 1 aliphatic heterocycles. The lowest BCUT2D eigenvalue weighted by atomic mass is 10.3. The SMILES string of the molecule is CCNC(=NCC(C)Oc1ccc(Cl)cc1)NCCCN1CCCC1=O. The predicted octanol–water partition coefficient (Wildman–Crippen LogP) is 2.67. The average Bonchev–Trinajstić information content (AvgIpc) is 3.03. The van der Waals surface area contributed by atoms with Crippen molar-refractivity contribution in [2.24, 2.45) is 4.99 Å². The maximum atomic E-state index is 11.6. The minimum Gasteiger partial charge on any atom is -0.489 e. The summed E-state index contributed by atoms with van der Waals surface area (Å²) in [7, 11) is 0. The van der Waals surface area contributed by atoms with E-state index >= 15 is 0 Å². The third kappa shape index (κ3) is 7.12. The van der Waals surface area contributed by atoms with Crippen molar-refractivity contribution in [1.82, 2.24) is 15.5 Å². The molecule has 0 spiro atoms. The second-order valence-corrected chi connectivity index (χ2v) is 6.80. The Labute approximate surface area is 161 Å². The lowest BCUT2D eigenvalue weighted by molar-refractivity contribution is -0.127. The zero-order valence-corrected chi connectivity index (χ0v) is 16.4. The summed E-state index contributed by atoms with van der Waals surface area (Å²) in [5.74, 6) is 1.83. The Kier molecular flexibility index (Phi) is 8.54. The minimum absolute atomic E-state index is 0.0474. The first-order valence-electron chi connectivity index (χ1n) is 9.30. The second-order valence-electron chi connectivity index (χ2n) is 6.37. The van der Waals surface area contributed by atoms with Crippen LogP contribution in [-0.4, -0.2) is 55.6 Å². The Morgan fingerprint density at radius 3 is 2.77 bits per heavy atom. The zero-order valence-electron chi connectivity index (χ0n) is 15.6. The average molecular weight is 381 g/mol. The van der Waals surface area contributed by atoms with Crippen LogP contribution in [0, 0.1) is 0 Å². The number of hydrogen-bond donors (Lipinski definition) is 2. The Morgan fingerprint density at radius 1 is 1.35 bits per heavy atom. The molecule has 0 bridgehead atoms. The maximum Gasteiger partial charge on any atom is 0.222 e. The molecule has 0 aromatic heterocycles. The van der Waals surface area contributed by atoms with Crippen LogP contribution >= 0.6 is 11.6 Å². The number of nitrogens with one attached hydrogen (secondary N) is 2. The van der Waals surface area contributed by atoms with E-state index in [-0.39, 0.29) is 12.0 Å². The fourth-order valence-electron chi connectivity index (χ4n) is 2.76. The van der Waals surface area contributed by atoms with Crippen LogP contribution < -0.4 is 15.4 Å². The highest BCUT2D eigenvalue weighted by Gasteiger charge is 2.18. The number of carbonyl (C=O) groups is 1. The van der Waals surface area contributed by atoms with Gasteiger partial charge in [-0.05, 0) is 51.0 Å². The molecule has 1 aromatic carbocycles. The van der Waals surface area contributed by atoms with E-state index in [2.05, 4.69) is 15.6 Å². The first kappa shape index (κ1) is 20.4. The van der Waals surface area contributed by atoms with Crippen molar-refractivity contribution in [3.63, 3.8) is 0 Å². The lowest BCUT2D eigenvalue weighted by Gasteiger charge is -2.17. The molecule has 1 aromatic rings. The summed E-state index contributed by atoms with van der Waals surface area (Å²) in [5, 5.41) is 7.24. The quantitative estimate of drug-likeness (QED) is 0.392. The van der Waals surface area contributed by atoms with Crippen molar-refractivity contribution in [3.8, 4) is 5.75 Å². The first-order valence-corrected chi connectivity index (χ1v) is 9.68. The number of carbonyl (C=O) groups excluding carboxylic acids is 1. The van der Waals surface area contributed by atoms with Gasteiger partial charge in [0, 0.05) is 37.6 Å². The minimum atomic E-state index is -0.0474. The largest absolute Gasteiger partial charge is 0.489 e.